The highest BCUT2D eigenvalue weighted by Crippen LogP contribution is 2.19. The first kappa shape index (κ1) is 19.9. The number of amides is 1. The van der Waals surface area contributed by atoms with Gasteiger partial charge in [0.05, 0.1) is 6.04 Å². The Balaban J connectivity index is 0.00000200. The Bertz CT molecular complexity index is 432. The van der Waals surface area contributed by atoms with Gasteiger partial charge >= 0.3 is 0 Å². The van der Waals surface area contributed by atoms with Crippen molar-refractivity contribution in [1.82, 2.24) is 15.1 Å². The van der Waals surface area contributed by atoms with Gasteiger partial charge in [0.25, 0.3) is 0 Å². The SMILES string of the molecule is C[C@@H](N)C(=O)N(C)C1CCCN(c2cccnn2)C1.Cl.Cl. The Labute approximate surface area is 137 Å². The molecule has 21 heavy (non-hydrogen) atoms. The number of likely N-dealkylation sites (N-methyl/N-ethyl adjacent to an activating group) is 1. The number of anilines is 1. The van der Waals surface area contributed by atoms with Crippen LogP contribution in [0.4, 0.5) is 5.82 Å². The second kappa shape index (κ2) is 9.02. The fourth-order valence-corrected chi connectivity index (χ4v) is 2.44. The van der Waals surface area contributed by atoms with Crippen LogP contribution in [0.5, 0.6) is 0 Å². The molecule has 1 fully saturated rings. The quantitative estimate of drug-likeness (QED) is 0.894. The van der Waals surface area contributed by atoms with Crippen molar-refractivity contribution in [2.24, 2.45) is 5.73 Å². The summed E-state index contributed by atoms with van der Waals surface area (Å²) in [5, 5.41) is 8.02. The molecule has 1 unspecified atom stereocenters. The predicted molar refractivity (Wildman–Crippen MR) is 88.2 cm³/mol. The van der Waals surface area contributed by atoms with E-state index in [9.17, 15) is 4.79 Å². The third kappa shape index (κ3) is 4.98. The highest BCUT2D eigenvalue weighted by atomic mass is 35.5. The van der Waals surface area contributed by atoms with E-state index in [1.807, 2.05) is 19.2 Å². The zero-order chi connectivity index (χ0) is 13.8. The minimum atomic E-state index is -0.447. The molecule has 0 aliphatic carbocycles. The van der Waals surface area contributed by atoms with Gasteiger partial charge in [-0.05, 0) is 31.9 Å². The summed E-state index contributed by atoms with van der Waals surface area (Å²) in [5.41, 5.74) is 5.66. The lowest BCUT2D eigenvalue weighted by atomic mass is 10.0. The summed E-state index contributed by atoms with van der Waals surface area (Å²) in [7, 11) is 1.83. The Morgan fingerprint density at radius 2 is 2.24 bits per heavy atom. The highest BCUT2D eigenvalue weighted by Gasteiger charge is 2.27. The zero-order valence-corrected chi connectivity index (χ0v) is 13.9. The summed E-state index contributed by atoms with van der Waals surface area (Å²) < 4.78 is 0. The number of carbonyl (C=O) groups excluding carboxylic acids is 1. The van der Waals surface area contributed by atoms with E-state index < -0.39 is 6.04 Å². The van der Waals surface area contributed by atoms with E-state index in [0.29, 0.717) is 0 Å². The lowest BCUT2D eigenvalue weighted by Crippen LogP contribution is -2.52. The molecule has 120 valence electrons. The normalized spacial score (nSPS) is 19.0. The second-order valence-electron chi connectivity index (χ2n) is 5.06. The van der Waals surface area contributed by atoms with Gasteiger partial charge in [-0.15, -0.1) is 29.9 Å². The number of rotatable bonds is 3. The Kier molecular flexibility index (Phi) is 8.54. The summed E-state index contributed by atoms with van der Waals surface area (Å²) in [6, 6.07) is 3.57. The Morgan fingerprint density at radius 3 is 2.81 bits per heavy atom. The van der Waals surface area contributed by atoms with Crippen molar-refractivity contribution >= 4 is 36.5 Å². The van der Waals surface area contributed by atoms with Crippen molar-refractivity contribution in [3.8, 4) is 0 Å². The van der Waals surface area contributed by atoms with Gasteiger partial charge in [0.1, 0.15) is 0 Å². The van der Waals surface area contributed by atoms with Crippen LogP contribution in [0.25, 0.3) is 0 Å². The smallest absolute Gasteiger partial charge is 0.239 e. The number of aromatic nitrogens is 2. The van der Waals surface area contributed by atoms with Gasteiger partial charge in [0, 0.05) is 32.4 Å². The van der Waals surface area contributed by atoms with Crippen molar-refractivity contribution in [1.29, 1.82) is 0 Å². The number of nitrogens with two attached hydrogens (primary N) is 1. The number of hydrogen-bond acceptors (Lipinski definition) is 5. The molecule has 2 heterocycles. The number of carbonyl (C=O) groups is 1. The number of piperidine rings is 1. The van der Waals surface area contributed by atoms with Gasteiger partial charge in [-0.3, -0.25) is 4.79 Å². The third-order valence-electron chi connectivity index (χ3n) is 3.56. The molecule has 0 radical (unpaired) electrons. The second-order valence-corrected chi connectivity index (χ2v) is 5.06. The Hall–Kier alpha value is -1.11. The molecule has 6 nitrogen and oxygen atoms in total. The van der Waals surface area contributed by atoms with Crippen LogP contribution in [0.1, 0.15) is 19.8 Å². The van der Waals surface area contributed by atoms with Crippen molar-refractivity contribution in [2.75, 3.05) is 25.0 Å². The maximum Gasteiger partial charge on any atom is 0.239 e. The van der Waals surface area contributed by atoms with E-state index in [-0.39, 0.29) is 36.8 Å². The molecule has 0 saturated carbocycles. The van der Waals surface area contributed by atoms with E-state index >= 15 is 0 Å². The Morgan fingerprint density at radius 1 is 1.52 bits per heavy atom. The predicted octanol–water partition coefficient (Wildman–Crippen LogP) is 1.09. The molecule has 0 aromatic carbocycles. The lowest BCUT2D eigenvalue weighted by molar-refractivity contribution is -0.133. The third-order valence-corrected chi connectivity index (χ3v) is 3.56. The molecule has 2 rings (SSSR count). The minimum absolute atomic E-state index is 0. The average molecular weight is 336 g/mol. The van der Waals surface area contributed by atoms with Gasteiger partial charge in [-0.1, -0.05) is 0 Å². The molecule has 0 bridgehead atoms. The van der Waals surface area contributed by atoms with Gasteiger partial charge in [-0.2, -0.15) is 5.10 Å². The first-order valence-corrected chi connectivity index (χ1v) is 6.64. The fraction of sp³-hybridized carbons (Fsp3) is 0.615. The number of nitrogens with zero attached hydrogens (tertiary/aromatic N) is 4. The number of halogens is 2. The van der Waals surface area contributed by atoms with Crippen molar-refractivity contribution < 1.29 is 4.79 Å². The van der Waals surface area contributed by atoms with Crippen molar-refractivity contribution in [3.63, 3.8) is 0 Å². The van der Waals surface area contributed by atoms with Crippen LogP contribution in [-0.4, -0.2) is 53.2 Å². The molecular formula is C13H23Cl2N5O. The highest BCUT2D eigenvalue weighted by molar-refractivity contribution is 5.85. The van der Waals surface area contributed by atoms with Crippen LogP contribution >= 0.6 is 24.8 Å². The molecule has 1 amide bonds. The zero-order valence-electron chi connectivity index (χ0n) is 12.3. The molecule has 0 spiro atoms. The summed E-state index contributed by atoms with van der Waals surface area (Å²) >= 11 is 0. The van der Waals surface area contributed by atoms with Crippen LogP contribution in [0.2, 0.25) is 0 Å². The van der Waals surface area contributed by atoms with Gasteiger partial charge < -0.3 is 15.5 Å². The van der Waals surface area contributed by atoms with Crippen LogP contribution in [0, 0.1) is 0 Å². The maximum atomic E-state index is 11.9. The van der Waals surface area contributed by atoms with Gasteiger partial charge in [0.15, 0.2) is 5.82 Å². The molecule has 1 saturated heterocycles. The molecule has 2 atom stereocenters. The molecular weight excluding hydrogens is 313 g/mol. The molecule has 1 aromatic rings. The van der Waals surface area contributed by atoms with Crippen LogP contribution in [0.15, 0.2) is 18.3 Å². The van der Waals surface area contributed by atoms with E-state index in [4.69, 9.17) is 5.73 Å². The van der Waals surface area contributed by atoms with E-state index in [1.165, 1.54) is 0 Å². The molecule has 2 N–H and O–H groups in total. The molecule has 1 aliphatic heterocycles. The molecule has 1 aromatic heterocycles. The van der Waals surface area contributed by atoms with E-state index in [0.717, 1.165) is 31.7 Å². The first-order chi connectivity index (χ1) is 9.09. The summed E-state index contributed by atoms with van der Waals surface area (Å²) in [6.45, 7) is 3.46. The largest absolute Gasteiger partial charge is 0.353 e. The first-order valence-electron chi connectivity index (χ1n) is 6.64. The van der Waals surface area contributed by atoms with Crippen molar-refractivity contribution in [3.05, 3.63) is 18.3 Å². The average Bonchev–Trinajstić information content (AvgIpc) is 2.46. The van der Waals surface area contributed by atoms with Crippen molar-refractivity contribution in [2.45, 2.75) is 31.8 Å². The van der Waals surface area contributed by atoms with Crippen LogP contribution < -0.4 is 10.6 Å². The topological polar surface area (TPSA) is 75.4 Å². The number of hydrogen-bond donors (Lipinski definition) is 1. The monoisotopic (exact) mass is 335 g/mol. The maximum absolute atomic E-state index is 11.9. The van der Waals surface area contributed by atoms with Gasteiger partial charge in [-0.25, -0.2) is 0 Å². The van der Waals surface area contributed by atoms with Crippen LogP contribution in [-0.2, 0) is 4.79 Å². The lowest BCUT2D eigenvalue weighted by Gasteiger charge is -2.38. The standard InChI is InChI=1S/C13H21N5O.2ClH/c1-10(14)13(19)17(2)11-5-4-8-18(9-11)12-6-3-7-15-16-12;;/h3,6-7,10-11H,4-5,8-9,14H2,1-2H3;2*1H/t10-,11?;;/m1../s1. The van der Waals surface area contributed by atoms with Gasteiger partial charge in [0.2, 0.25) is 5.91 Å². The molecule has 1 aliphatic rings. The summed E-state index contributed by atoms with van der Waals surface area (Å²) in [4.78, 5) is 15.9. The van der Waals surface area contributed by atoms with E-state index in [2.05, 4.69) is 15.1 Å². The van der Waals surface area contributed by atoms with Crippen LogP contribution in [0.3, 0.4) is 0 Å². The summed E-state index contributed by atoms with van der Waals surface area (Å²) in [5.74, 6) is 0.861. The minimum Gasteiger partial charge on any atom is -0.353 e. The van der Waals surface area contributed by atoms with E-state index in [1.54, 1.807) is 18.0 Å². The fourth-order valence-electron chi connectivity index (χ4n) is 2.44. The summed E-state index contributed by atoms with van der Waals surface area (Å²) in [6.07, 6.45) is 3.71. The molecule has 8 heteroatoms.